The lowest BCUT2D eigenvalue weighted by atomic mass is 10.1. The Balaban J connectivity index is 2.40. The van der Waals surface area contributed by atoms with Gasteiger partial charge in [0.2, 0.25) is 16.9 Å². The van der Waals surface area contributed by atoms with Crippen LogP contribution in [0.15, 0.2) is 4.34 Å². The van der Waals surface area contributed by atoms with Gasteiger partial charge in [-0.1, -0.05) is 23.1 Å². The van der Waals surface area contributed by atoms with E-state index in [1.807, 2.05) is 34.6 Å². The van der Waals surface area contributed by atoms with Crippen molar-refractivity contribution < 1.29 is 9.59 Å². The minimum atomic E-state index is -0.303. The second-order valence-corrected chi connectivity index (χ2v) is 8.71. The fourth-order valence-corrected chi connectivity index (χ4v) is 3.41. The smallest absolute Gasteiger partial charge is 0.240 e. The standard InChI is InChI=1S/C14H25N5O2S2/c1-9(2)15-12-17-18-13(23-12)22-8-11(21)19(6)7-10(20)16-14(3,4)5/h9H,7-8H2,1-6H3,(H,15,17)(H,16,20). The fourth-order valence-electron chi connectivity index (χ4n) is 1.57. The monoisotopic (exact) mass is 359 g/mol. The SMILES string of the molecule is CC(C)Nc1nnc(SCC(=O)N(C)CC(=O)NC(C)(C)C)s1. The lowest BCUT2D eigenvalue weighted by Crippen LogP contribution is -2.46. The van der Waals surface area contributed by atoms with Crippen LogP contribution in [0.25, 0.3) is 0 Å². The molecule has 0 saturated carbocycles. The first kappa shape index (κ1) is 19.7. The minimum Gasteiger partial charge on any atom is -0.358 e. The Morgan fingerprint density at radius 2 is 1.96 bits per heavy atom. The Bertz CT molecular complexity index is 540. The van der Waals surface area contributed by atoms with Crippen LogP contribution in [0, 0.1) is 0 Å². The second-order valence-electron chi connectivity index (χ2n) is 6.51. The van der Waals surface area contributed by atoms with Crippen LogP contribution >= 0.6 is 23.1 Å². The average molecular weight is 360 g/mol. The van der Waals surface area contributed by atoms with E-state index in [4.69, 9.17) is 0 Å². The highest BCUT2D eigenvalue weighted by molar-refractivity contribution is 8.01. The highest BCUT2D eigenvalue weighted by Crippen LogP contribution is 2.25. The summed E-state index contributed by atoms with van der Waals surface area (Å²) in [6.45, 7) is 9.81. The van der Waals surface area contributed by atoms with Crippen molar-refractivity contribution in [3.05, 3.63) is 0 Å². The molecular weight excluding hydrogens is 334 g/mol. The molecule has 1 aromatic heterocycles. The quantitative estimate of drug-likeness (QED) is 0.722. The van der Waals surface area contributed by atoms with Crippen LogP contribution in [0.2, 0.25) is 0 Å². The maximum Gasteiger partial charge on any atom is 0.240 e. The summed E-state index contributed by atoms with van der Waals surface area (Å²) in [5.74, 6) is -0.0550. The topological polar surface area (TPSA) is 87.2 Å². The summed E-state index contributed by atoms with van der Waals surface area (Å²) in [5, 5.41) is 14.8. The van der Waals surface area contributed by atoms with Crippen molar-refractivity contribution in [1.82, 2.24) is 20.4 Å². The van der Waals surface area contributed by atoms with Crippen LogP contribution < -0.4 is 10.6 Å². The zero-order chi connectivity index (χ0) is 17.6. The molecule has 130 valence electrons. The first-order valence-electron chi connectivity index (χ1n) is 7.34. The van der Waals surface area contributed by atoms with Crippen LogP contribution in [0.5, 0.6) is 0 Å². The zero-order valence-corrected chi connectivity index (χ0v) is 16.1. The lowest BCUT2D eigenvalue weighted by Gasteiger charge is -2.23. The number of amides is 2. The molecule has 0 atom stereocenters. The van der Waals surface area contributed by atoms with Crippen LogP contribution in [0.3, 0.4) is 0 Å². The predicted molar refractivity (Wildman–Crippen MR) is 94.9 cm³/mol. The Hall–Kier alpha value is -1.35. The molecule has 1 heterocycles. The summed E-state index contributed by atoms with van der Waals surface area (Å²) in [7, 11) is 1.62. The summed E-state index contributed by atoms with van der Waals surface area (Å²) >= 11 is 2.74. The number of anilines is 1. The second kappa shape index (κ2) is 8.49. The summed E-state index contributed by atoms with van der Waals surface area (Å²) in [4.78, 5) is 25.3. The minimum absolute atomic E-state index is 0.0485. The molecule has 2 N–H and O–H groups in total. The molecule has 0 spiro atoms. The molecule has 0 saturated heterocycles. The van der Waals surface area contributed by atoms with E-state index in [2.05, 4.69) is 20.8 Å². The Labute approximate surface area is 145 Å². The van der Waals surface area contributed by atoms with Gasteiger partial charge in [0.25, 0.3) is 0 Å². The van der Waals surface area contributed by atoms with Crippen LogP contribution in [0.1, 0.15) is 34.6 Å². The molecule has 1 rings (SSSR count). The number of aromatic nitrogens is 2. The Kier molecular flexibility index (Phi) is 7.27. The summed E-state index contributed by atoms with van der Waals surface area (Å²) in [6.07, 6.45) is 0. The average Bonchev–Trinajstić information content (AvgIpc) is 2.80. The molecule has 0 radical (unpaired) electrons. The number of hydrogen-bond donors (Lipinski definition) is 2. The molecule has 0 aliphatic rings. The fraction of sp³-hybridized carbons (Fsp3) is 0.714. The zero-order valence-electron chi connectivity index (χ0n) is 14.5. The van der Waals surface area contributed by atoms with E-state index in [1.54, 1.807) is 7.05 Å². The molecule has 0 unspecified atom stereocenters. The maximum absolute atomic E-state index is 12.1. The molecule has 0 fully saturated rings. The van der Waals surface area contributed by atoms with Gasteiger partial charge in [0.1, 0.15) is 0 Å². The molecular formula is C14H25N5O2S2. The molecule has 7 nitrogen and oxygen atoms in total. The van der Waals surface area contributed by atoms with E-state index in [9.17, 15) is 9.59 Å². The molecule has 9 heteroatoms. The molecule has 2 amide bonds. The number of nitrogens with one attached hydrogen (secondary N) is 2. The molecule has 0 aliphatic heterocycles. The summed E-state index contributed by atoms with van der Waals surface area (Å²) < 4.78 is 0.731. The van der Waals surface area contributed by atoms with Gasteiger partial charge in [-0.15, -0.1) is 10.2 Å². The van der Waals surface area contributed by atoms with Gasteiger partial charge in [-0.05, 0) is 34.6 Å². The van der Waals surface area contributed by atoms with Crippen molar-refractivity contribution in [3.63, 3.8) is 0 Å². The van der Waals surface area contributed by atoms with Crippen molar-refractivity contribution in [2.45, 2.75) is 50.5 Å². The van der Waals surface area contributed by atoms with Crippen molar-refractivity contribution in [2.75, 3.05) is 24.7 Å². The van der Waals surface area contributed by atoms with Gasteiger partial charge in [-0.25, -0.2) is 0 Å². The number of likely N-dealkylation sites (N-methyl/N-ethyl adjacent to an activating group) is 1. The third kappa shape index (κ3) is 8.17. The van der Waals surface area contributed by atoms with Gasteiger partial charge in [-0.3, -0.25) is 9.59 Å². The number of carbonyl (C=O) groups is 2. The molecule has 0 bridgehead atoms. The predicted octanol–water partition coefficient (Wildman–Crippen LogP) is 1.82. The van der Waals surface area contributed by atoms with E-state index in [-0.39, 0.29) is 35.7 Å². The van der Waals surface area contributed by atoms with Crippen molar-refractivity contribution in [2.24, 2.45) is 0 Å². The van der Waals surface area contributed by atoms with E-state index < -0.39 is 0 Å². The largest absolute Gasteiger partial charge is 0.358 e. The normalized spacial score (nSPS) is 11.4. The Morgan fingerprint density at radius 1 is 1.30 bits per heavy atom. The molecule has 0 aromatic carbocycles. The van der Waals surface area contributed by atoms with E-state index in [0.717, 1.165) is 9.47 Å². The Morgan fingerprint density at radius 3 is 2.52 bits per heavy atom. The number of hydrogen-bond acceptors (Lipinski definition) is 7. The van der Waals surface area contributed by atoms with E-state index >= 15 is 0 Å². The first-order chi connectivity index (χ1) is 10.6. The van der Waals surface area contributed by atoms with Crippen LogP contribution in [-0.2, 0) is 9.59 Å². The third-order valence-corrected chi connectivity index (χ3v) is 4.43. The third-order valence-electron chi connectivity index (χ3n) is 2.46. The van der Waals surface area contributed by atoms with E-state index in [0.29, 0.717) is 0 Å². The molecule has 1 aromatic rings. The van der Waals surface area contributed by atoms with Gasteiger partial charge in [0.15, 0.2) is 4.34 Å². The maximum atomic E-state index is 12.1. The van der Waals surface area contributed by atoms with Crippen molar-refractivity contribution in [1.29, 1.82) is 0 Å². The van der Waals surface area contributed by atoms with Gasteiger partial charge >= 0.3 is 0 Å². The van der Waals surface area contributed by atoms with Crippen LogP contribution in [0.4, 0.5) is 5.13 Å². The highest BCUT2D eigenvalue weighted by Gasteiger charge is 2.18. The molecule has 0 aliphatic carbocycles. The lowest BCUT2D eigenvalue weighted by molar-refractivity contribution is -0.133. The first-order valence-corrected chi connectivity index (χ1v) is 9.15. The number of thioether (sulfide) groups is 1. The van der Waals surface area contributed by atoms with E-state index in [1.165, 1.54) is 28.0 Å². The van der Waals surface area contributed by atoms with Gasteiger partial charge in [-0.2, -0.15) is 0 Å². The van der Waals surface area contributed by atoms with Crippen molar-refractivity contribution >= 4 is 40.0 Å². The summed E-state index contributed by atoms with van der Waals surface area (Å²) in [5.41, 5.74) is -0.303. The number of rotatable bonds is 7. The van der Waals surface area contributed by atoms with Crippen LogP contribution in [-0.4, -0.2) is 57.8 Å². The summed E-state index contributed by atoms with van der Waals surface area (Å²) in [6, 6.07) is 0.287. The highest BCUT2D eigenvalue weighted by atomic mass is 32.2. The van der Waals surface area contributed by atoms with Gasteiger partial charge in [0, 0.05) is 18.6 Å². The van der Waals surface area contributed by atoms with Gasteiger partial charge in [0.05, 0.1) is 12.3 Å². The number of carbonyl (C=O) groups excluding carboxylic acids is 2. The van der Waals surface area contributed by atoms with Crippen molar-refractivity contribution in [3.8, 4) is 0 Å². The molecule has 23 heavy (non-hydrogen) atoms. The van der Waals surface area contributed by atoms with Gasteiger partial charge < -0.3 is 15.5 Å². The number of nitrogens with zero attached hydrogens (tertiary/aromatic N) is 3.